The van der Waals surface area contributed by atoms with Gasteiger partial charge in [0, 0.05) is 6.54 Å². The largest absolute Gasteiger partial charge is 0.354 e. The summed E-state index contributed by atoms with van der Waals surface area (Å²) in [6, 6.07) is 26.6. The van der Waals surface area contributed by atoms with Gasteiger partial charge in [-0.2, -0.15) is 0 Å². The van der Waals surface area contributed by atoms with Gasteiger partial charge >= 0.3 is 11.1 Å². The highest BCUT2D eigenvalue weighted by Crippen LogP contribution is 2.14. The average molecular weight is 428 g/mol. The van der Waals surface area contributed by atoms with Crippen LogP contribution in [0.3, 0.4) is 0 Å². The van der Waals surface area contributed by atoms with E-state index in [9.17, 15) is 14.4 Å². The van der Waals surface area contributed by atoms with E-state index in [1.54, 1.807) is 18.2 Å². The maximum absolute atomic E-state index is 12.9. The van der Waals surface area contributed by atoms with Gasteiger partial charge in [-0.25, -0.2) is 0 Å². The minimum Gasteiger partial charge on any atom is -0.354 e. The van der Waals surface area contributed by atoms with Crippen molar-refractivity contribution in [2.45, 2.75) is 25.9 Å². The lowest BCUT2D eigenvalue weighted by atomic mass is 10.0. The molecule has 6 nitrogen and oxygen atoms in total. The summed E-state index contributed by atoms with van der Waals surface area (Å²) >= 11 is 0. The van der Waals surface area contributed by atoms with Crippen LogP contribution in [0.1, 0.15) is 24.0 Å². The molecule has 0 unspecified atom stereocenters. The number of carbonyl (C=O) groups is 1. The number of nitrogens with zero attached hydrogens (tertiary/aromatic N) is 2. The van der Waals surface area contributed by atoms with Crippen molar-refractivity contribution in [3.63, 3.8) is 0 Å². The fraction of sp³-hybridized carbons (Fsp3) is 0.192. The maximum Gasteiger partial charge on any atom is 0.317 e. The first-order valence-corrected chi connectivity index (χ1v) is 10.6. The molecule has 0 spiro atoms. The second-order valence-electron chi connectivity index (χ2n) is 7.87. The van der Waals surface area contributed by atoms with E-state index < -0.39 is 11.1 Å². The van der Waals surface area contributed by atoms with Crippen molar-refractivity contribution in [1.82, 2.24) is 14.5 Å². The summed E-state index contributed by atoms with van der Waals surface area (Å²) < 4.78 is 2.74. The van der Waals surface area contributed by atoms with Crippen LogP contribution in [0.15, 0.2) is 94.5 Å². The molecule has 6 heteroatoms. The van der Waals surface area contributed by atoms with Gasteiger partial charge in [-0.3, -0.25) is 23.5 Å². The number of rotatable bonds is 7. The van der Waals surface area contributed by atoms with E-state index >= 15 is 0 Å². The van der Waals surface area contributed by atoms with E-state index in [0.717, 1.165) is 11.1 Å². The third-order valence-electron chi connectivity index (χ3n) is 5.60. The standard InChI is InChI=1S/C26H25N3O3/c1-19(21-12-6-3-7-13-21)16-27-24(30)18-29-23-15-9-8-14-22(23)28(25(31)26(29)32)17-20-10-4-2-5-11-20/h2-15,19H,16-18H2,1H3,(H,27,30)/t19-/m0/s1. The molecule has 32 heavy (non-hydrogen) atoms. The highest BCUT2D eigenvalue weighted by molar-refractivity contribution is 5.80. The lowest BCUT2D eigenvalue weighted by Crippen LogP contribution is -2.44. The molecule has 162 valence electrons. The van der Waals surface area contributed by atoms with E-state index in [1.807, 2.05) is 73.7 Å². The molecule has 4 rings (SSSR count). The fourth-order valence-corrected chi connectivity index (χ4v) is 3.82. The van der Waals surface area contributed by atoms with Gasteiger partial charge in [-0.15, -0.1) is 0 Å². The molecule has 0 aliphatic heterocycles. The Kier molecular flexibility index (Phi) is 6.31. The highest BCUT2D eigenvalue weighted by Gasteiger charge is 2.16. The number of fused-ring (bicyclic) bond motifs is 1. The Bertz CT molecular complexity index is 1340. The molecular formula is C26H25N3O3. The predicted molar refractivity (Wildman–Crippen MR) is 126 cm³/mol. The Morgan fingerprint density at radius 2 is 1.31 bits per heavy atom. The summed E-state index contributed by atoms with van der Waals surface area (Å²) in [5.41, 5.74) is 1.87. The SMILES string of the molecule is C[C@@H](CNC(=O)Cn1c(=O)c(=O)n(Cc2ccccc2)c2ccccc21)c1ccccc1. The first-order chi connectivity index (χ1) is 15.5. The van der Waals surface area contributed by atoms with Gasteiger partial charge in [0.15, 0.2) is 0 Å². The van der Waals surface area contributed by atoms with Crippen molar-refractivity contribution in [2.75, 3.05) is 6.54 Å². The number of para-hydroxylation sites is 2. The molecule has 1 aromatic heterocycles. The summed E-state index contributed by atoms with van der Waals surface area (Å²) in [5, 5.41) is 2.89. The third kappa shape index (κ3) is 4.54. The molecule has 0 saturated carbocycles. The van der Waals surface area contributed by atoms with E-state index in [4.69, 9.17) is 0 Å². The van der Waals surface area contributed by atoms with Gasteiger partial charge in [0.25, 0.3) is 0 Å². The van der Waals surface area contributed by atoms with Crippen LogP contribution < -0.4 is 16.4 Å². The van der Waals surface area contributed by atoms with Gasteiger partial charge < -0.3 is 5.32 Å². The van der Waals surface area contributed by atoms with E-state index in [0.29, 0.717) is 17.6 Å². The monoisotopic (exact) mass is 427 g/mol. The summed E-state index contributed by atoms with van der Waals surface area (Å²) in [6.07, 6.45) is 0. The van der Waals surface area contributed by atoms with Crippen molar-refractivity contribution in [1.29, 1.82) is 0 Å². The molecule has 0 fully saturated rings. The van der Waals surface area contributed by atoms with Crippen molar-refractivity contribution in [3.8, 4) is 0 Å². The zero-order valence-corrected chi connectivity index (χ0v) is 17.9. The van der Waals surface area contributed by atoms with E-state index in [1.165, 1.54) is 9.13 Å². The normalized spacial score (nSPS) is 11.9. The Labute approximate surface area is 185 Å². The molecule has 0 saturated heterocycles. The number of amides is 1. The second kappa shape index (κ2) is 9.47. The van der Waals surface area contributed by atoms with Crippen molar-refractivity contribution in [2.24, 2.45) is 0 Å². The molecule has 0 bridgehead atoms. The van der Waals surface area contributed by atoms with Crippen LogP contribution in [0.5, 0.6) is 0 Å². The number of hydrogen-bond donors (Lipinski definition) is 1. The zero-order valence-electron chi connectivity index (χ0n) is 17.9. The third-order valence-corrected chi connectivity index (χ3v) is 5.60. The van der Waals surface area contributed by atoms with Crippen LogP contribution in [0, 0.1) is 0 Å². The van der Waals surface area contributed by atoms with E-state index in [2.05, 4.69) is 5.32 Å². The predicted octanol–water partition coefficient (Wildman–Crippen LogP) is 3.13. The minimum atomic E-state index is -0.703. The van der Waals surface area contributed by atoms with Crippen molar-refractivity contribution >= 4 is 16.9 Å². The summed E-state index contributed by atoms with van der Waals surface area (Å²) in [6.45, 7) is 2.56. The van der Waals surface area contributed by atoms with Gasteiger partial charge in [-0.05, 0) is 29.2 Å². The molecular weight excluding hydrogens is 402 g/mol. The van der Waals surface area contributed by atoms with E-state index in [-0.39, 0.29) is 24.9 Å². The second-order valence-corrected chi connectivity index (χ2v) is 7.87. The van der Waals surface area contributed by atoms with Crippen molar-refractivity contribution < 1.29 is 4.79 Å². The number of benzene rings is 3. The molecule has 1 N–H and O–H groups in total. The number of aromatic nitrogens is 2. The molecule has 4 aromatic rings. The fourth-order valence-electron chi connectivity index (χ4n) is 3.82. The molecule has 3 aromatic carbocycles. The molecule has 0 aliphatic rings. The van der Waals surface area contributed by atoms with Crippen LogP contribution in [0.4, 0.5) is 0 Å². The smallest absolute Gasteiger partial charge is 0.317 e. The van der Waals surface area contributed by atoms with Crippen LogP contribution in [-0.4, -0.2) is 21.6 Å². The van der Waals surface area contributed by atoms with Gasteiger partial charge in [0.1, 0.15) is 6.54 Å². The summed E-state index contributed by atoms with van der Waals surface area (Å²) in [4.78, 5) is 38.5. The first-order valence-electron chi connectivity index (χ1n) is 10.6. The van der Waals surface area contributed by atoms with Gasteiger partial charge in [-0.1, -0.05) is 79.7 Å². The Morgan fingerprint density at radius 1 is 0.781 bits per heavy atom. The number of carbonyl (C=O) groups excluding carboxylic acids is 1. The Morgan fingerprint density at radius 3 is 1.97 bits per heavy atom. The molecule has 1 atom stereocenters. The Hall–Kier alpha value is -3.93. The first kappa shape index (κ1) is 21.3. The van der Waals surface area contributed by atoms with Gasteiger partial charge in [0.05, 0.1) is 17.6 Å². The average Bonchev–Trinajstić information content (AvgIpc) is 2.84. The molecule has 1 heterocycles. The summed E-state index contributed by atoms with van der Waals surface area (Å²) in [7, 11) is 0. The van der Waals surface area contributed by atoms with Crippen LogP contribution >= 0.6 is 0 Å². The van der Waals surface area contributed by atoms with Crippen LogP contribution in [0.2, 0.25) is 0 Å². The maximum atomic E-state index is 12.9. The summed E-state index contributed by atoms with van der Waals surface area (Å²) in [5.74, 6) is -0.173. The molecule has 0 radical (unpaired) electrons. The molecule has 1 amide bonds. The quantitative estimate of drug-likeness (QED) is 0.461. The zero-order chi connectivity index (χ0) is 22.5. The van der Waals surface area contributed by atoms with Crippen LogP contribution in [-0.2, 0) is 17.9 Å². The van der Waals surface area contributed by atoms with Crippen molar-refractivity contribution in [3.05, 3.63) is 117 Å². The van der Waals surface area contributed by atoms with Gasteiger partial charge in [0.2, 0.25) is 5.91 Å². The molecule has 0 aliphatic carbocycles. The lowest BCUT2D eigenvalue weighted by molar-refractivity contribution is -0.121. The number of nitrogens with one attached hydrogen (secondary N) is 1. The Balaban J connectivity index is 1.60. The lowest BCUT2D eigenvalue weighted by Gasteiger charge is -2.16. The minimum absolute atomic E-state index is 0.132. The highest BCUT2D eigenvalue weighted by atomic mass is 16.2. The van der Waals surface area contributed by atoms with Crippen LogP contribution in [0.25, 0.3) is 11.0 Å². The topological polar surface area (TPSA) is 73.1 Å². The number of hydrogen-bond acceptors (Lipinski definition) is 3.